The molecule has 0 atom stereocenters. The van der Waals surface area contributed by atoms with Crippen molar-refractivity contribution >= 4 is 0 Å². The summed E-state index contributed by atoms with van der Waals surface area (Å²) in [6.45, 7) is -0.454. The third-order valence-corrected chi connectivity index (χ3v) is 1.70. The van der Waals surface area contributed by atoms with E-state index in [0.717, 1.165) is 5.56 Å². The van der Waals surface area contributed by atoms with E-state index >= 15 is 0 Å². The van der Waals surface area contributed by atoms with Crippen molar-refractivity contribution in [3.05, 3.63) is 23.8 Å². The molecular formula is C9H12FNO2. The van der Waals surface area contributed by atoms with Crippen LogP contribution in [0.3, 0.4) is 0 Å². The van der Waals surface area contributed by atoms with Crippen molar-refractivity contribution in [3.8, 4) is 11.5 Å². The van der Waals surface area contributed by atoms with Crippen LogP contribution in [-0.4, -0.2) is 14.0 Å². The fourth-order valence-corrected chi connectivity index (χ4v) is 1.05. The van der Waals surface area contributed by atoms with Crippen LogP contribution in [0.4, 0.5) is 4.39 Å². The number of benzene rings is 1. The predicted molar refractivity (Wildman–Crippen MR) is 47.5 cm³/mol. The fourth-order valence-electron chi connectivity index (χ4n) is 1.05. The summed E-state index contributed by atoms with van der Waals surface area (Å²) >= 11 is 0. The summed E-state index contributed by atoms with van der Waals surface area (Å²) in [5.74, 6) is 1.06. The first kappa shape index (κ1) is 9.80. The first-order valence-corrected chi connectivity index (χ1v) is 3.87. The molecule has 1 aromatic carbocycles. The van der Waals surface area contributed by atoms with E-state index in [4.69, 9.17) is 10.5 Å². The van der Waals surface area contributed by atoms with E-state index in [2.05, 4.69) is 4.74 Å². The Morgan fingerprint density at radius 3 is 2.77 bits per heavy atom. The van der Waals surface area contributed by atoms with Crippen LogP contribution in [0.5, 0.6) is 11.5 Å². The molecule has 0 aliphatic heterocycles. The number of hydrogen-bond acceptors (Lipinski definition) is 3. The van der Waals surface area contributed by atoms with Crippen molar-refractivity contribution in [2.75, 3.05) is 14.0 Å². The third-order valence-electron chi connectivity index (χ3n) is 1.70. The van der Waals surface area contributed by atoms with Gasteiger partial charge in [0.1, 0.15) is 11.5 Å². The molecule has 0 aromatic heterocycles. The van der Waals surface area contributed by atoms with Gasteiger partial charge in [-0.05, 0) is 6.07 Å². The Morgan fingerprint density at radius 1 is 1.46 bits per heavy atom. The highest BCUT2D eigenvalue weighted by molar-refractivity contribution is 5.40. The van der Waals surface area contributed by atoms with Gasteiger partial charge in [0.15, 0.2) is 0 Å². The summed E-state index contributed by atoms with van der Waals surface area (Å²) in [5, 5.41) is 0. The summed E-state index contributed by atoms with van der Waals surface area (Å²) in [5.41, 5.74) is 6.32. The van der Waals surface area contributed by atoms with E-state index in [-0.39, 0.29) is 0 Å². The van der Waals surface area contributed by atoms with Crippen molar-refractivity contribution in [1.29, 1.82) is 0 Å². The second-order valence-electron chi connectivity index (χ2n) is 2.43. The van der Waals surface area contributed by atoms with Gasteiger partial charge in [-0.15, -0.1) is 0 Å². The molecule has 3 nitrogen and oxygen atoms in total. The fraction of sp³-hybridized carbons (Fsp3) is 0.333. The summed E-state index contributed by atoms with van der Waals surface area (Å²) in [7, 11) is 1.54. The molecule has 2 N–H and O–H groups in total. The van der Waals surface area contributed by atoms with E-state index in [1.165, 1.54) is 7.11 Å². The summed E-state index contributed by atoms with van der Waals surface area (Å²) in [4.78, 5) is 0. The Bertz CT molecular complexity index is 278. The molecule has 72 valence electrons. The second-order valence-corrected chi connectivity index (χ2v) is 2.43. The van der Waals surface area contributed by atoms with Gasteiger partial charge in [-0.25, -0.2) is 4.39 Å². The molecule has 1 rings (SSSR count). The lowest BCUT2D eigenvalue weighted by Gasteiger charge is -2.08. The minimum Gasteiger partial charge on any atom is -0.496 e. The SMILES string of the molecule is COc1cc(OCF)ccc1CN. The minimum absolute atomic E-state index is 0.388. The van der Waals surface area contributed by atoms with E-state index in [9.17, 15) is 4.39 Å². The standard InChI is InChI=1S/C9H12FNO2/c1-12-9-4-8(13-6-10)3-2-7(9)5-11/h2-4H,5-6,11H2,1H3. The van der Waals surface area contributed by atoms with Crippen LogP contribution in [0.2, 0.25) is 0 Å². The van der Waals surface area contributed by atoms with E-state index in [1.807, 2.05) is 0 Å². The molecule has 0 fully saturated rings. The number of hydrogen-bond donors (Lipinski definition) is 1. The Hall–Kier alpha value is -1.29. The lowest BCUT2D eigenvalue weighted by molar-refractivity contribution is 0.191. The third kappa shape index (κ3) is 2.32. The van der Waals surface area contributed by atoms with Crippen LogP contribution >= 0.6 is 0 Å². The second kappa shape index (κ2) is 4.67. The maximum absolute atomic E-state index is 11.8. The van der Waals surface area contributed by atoms with Crippen LogP contribution in [0.15, 0.2) is 18.2 Å². The lowest BCUT2D eigenvalue weighted by Crippen LogP contribution is -2.00. The van der Waals surface area contributed by atoms with Gasteiger partial charge < -0.3 is 15.2 Å². The van der Waals surface area contributed by atoms with Crippen molar-refractivity contribution in [3.63, 3.8) is 0 Å². The zero-order chi connectivity index (χ0) is 9.68. The van der Waals surface area contributed by atoms with E-state index in [0.29, 0.717) is 18.0 Å². The minimum atomic E-state index is -0.842. The Balaban J connectivity index is 2.91. The normalized spacial score (nSPS) is 9.77. The number of nitrogens with two attached hydrogens (primary N) is 1. The first-order chi connectivity index (χ1) is 6.31. The van der Waals surface area contributed by atoms with Gasteiger partial charge in [-0.2, -0.15) is 0 Å². The molecule has 0 aliphatic rings. The van der Waals surface area contributed by atoms with Crippen molar-refractivity contribution < 1.29 is 13.9 Å². The van der Waals surface area contributed by atoms with Crippen LogP contribution in [-0.2, 0) is 6.54 Å². The van der Waals surface area contributed by atoms with Gasteiger partial charge in [-0.3, -0.25) is 0 Å². The molecule has 0 unspecified atom stereocenters. The molecule has 0 heterocycles. The Morgan fingerprint density at radius 2 is 2.23 bits per heavy atom. The molecule has 1 aromatic rings. The van der Waals surface area contributed by atoms with Crippen LogP contribution < -0.4 is 15.2 Å². The van der Waals surface area contributed by atoms with Crippen molar-refractivity contribution in [2.24, 2.45) is 5.73 Å². The molecule has 13 heavy (non-hydrogen) atoms. The molecule has 0 saturated heterocycles. The molecule has 0 radical (unpaired) electrons. The van der Waals surface area contributed by atoms with Gasteiger partial charge >= 0.3 is 0 Å². The molecule has 0 bridgehead atoms. The molecule has 0 spiro atoms. The highest BCUT2D eigenvalue weighted by Gasteiger charge is 2.02. The van der Waals surface area contributed by atoms with Crippen LogP contribution in [0, 0.1) is 0 Å². The van der Waals surface area contributed by atoms with E-state index in [1.54, 1.807) is 18.2 Å². The highest BCUT2D eigenvalue weighted by atomic mass is 19.1. The quantitative estimate of drug-likeness (QED) is 0.772. The monoisotopic (exact) mass is 185 g/mol. The van der Waals surface area contributed by atoms with Crippen molar-refractivity contribution in [2.45, 2.75) is 6.54 Å². The lowest BCUT2D eigenvalue weighted by atomic mass is 10.2. The zero-order valence-electron chi connectivity index (χ0n) is 7.42. The van der Waals surface area contributed by atoms with E-state index < -0.39 is 6.86 Å². The number of ether oxygens (including phenoxy) is 2. The maximum Gasteiger partial charge on any atom is 0.228 e. The summed E-state index contributed by atoms with van der Waals surface area (Å²) in [6, 6.07) is 5.02. The van der Waals surface area contributed by atoms with Gasteiger partial charge in [0, 0.05) is 18.2 Å². The predicted octanol–water partition coefficient (Wildman–Crippen LogP) is 1.46. The first-order valence-electron chi connectivity index (χ1n) is 3.87. The molecule has 4 heteroatoms. The van der Waals surface area contributed by atoms with Crippen LogP contribution in [0.25, 0.3) is 0 Å². The molecule has 0 amide bonds. The van der Waals surface area contributed by atoms with Crippen molar-refractivity contribution in [1.82, 2.24) is 0 Å². The van der Waals surface area contributed by atoms with Gasteiger partial charge in [0.05, 0.1) is 7.11 Å². The highest BCUT2D eigenvalue weighted by Crippen LogP contribution is 2.24. The van der Waals surface area contributed by atoms with Gasteiger partial charge in [-0.1, -0.05) is 6.07 Å². The summed E-state index contributed by atoms with van der Waals surface area (Å²) in [6.07, 6.45) is 0. The van der Waals surface area contributed by atoms with Gasteiger partial charge in [0.25, 0.3) is 0 Å². The topological polar surface area (TPSA) is 44.5 Å². The average molecular weight is 185 g/mol. The van der Waals surface area contributed by atoms with Crippen LogP contribution in [0.1, 0.15) is 5.56 Å². The summed E-state index contributed by atoms with van der Waals surface area (Å²) < 4.78 is 21.5. The number of methoxy groups -OCH3 is 1. The molecule has 0 aliphatic carbocycles. The number of rotatable bonds is 4. The Kier molecular flexibility index (Phi) is 3.52. The molecule has 0 saturated carbocycles. The number of alkyl halides is 1. The zero-order valence-corrected chi connectivity index (χ0v) is 7.42. The van der Waals surface area contributed by atoms with Gasteiger partial charge in [0.2, 0.25) is 6.86 Å². The largest absolute Gasteiger partial charge is 0.496 e. The Labute approximate surface area is 76.3 Å². The average Bonchev–Trinajstić information content (AvgIpc) is 2.18. The smallest absolute Gasteiger partial charge is 0.228 e. The number of halogens is 1. The maximum atomic E-state index is 11.8. The molecular weight excluding hydrogens is 173 g/mol.